The number of nitrogens with zero attached hydrogens (tertiary/aromatic N) is 4. The van der Waals surface area contributed by atoms with Crippen molar-refractivity contribution in [3.05, 3.63) is 23.8 Å². The zero-order valence-electron chi connectivity index (χ0n) is 14.2. The number of likely N-dealkylation sites (tertiary alicyclic amines) is 2. The van der Waals surface area contributed by atoms with Gasteiger partial charge in [0.15, 0.2) is 0 Å². The number of carbonyl (C=O) groups is 2. The van der Waals surface area contributed by atoms with E-state index in [1.165, 1.54) is 0 Å². The van der Waals surface area contributed by atoms with Crippen LogP contribution < -0.4 is 5.73 Å². The molecule has 2 N–H and O–H groups in total. The fourth-order valence-corrected chi connectivity index (χ4v) is 3.94. The number of aromatic nitrogens is 2. The molecule has 130 valence electrons. The standard InChI is InChI=1S/C17H25N5O2/c1-13-7-20-14(8-19-13)9-22-12-17(5-3-16(22)24)4-2-6-21(11-17)10-15(18)23/h7-8H,2-6,9-12H2,1H3,(H2,18,23)/t17-/m0/s1. The fourth-order valence-electron chi connectivity index (χ4n) is 3.94. The predicted octanol–water partition coefficient (Wildman–Crippen LogP) is 0.475. The van der Waals surface area contributed by atoms with Crippen LogP contribution in [0, 0.1) is 12.3 Å². The number of amides is 2. The summed E-state index contributed by atoms with van der Waals surface area (Å²) >= 11 is 0. The van der Waals surface area contributed by atoms with Crippen LogP contribution >= 0.6 is 0 Å². The maximum absolute atomic E-state index is 12.3. The molecule has 0 unspecified atom stereocenters. The summed E-state index contributed by atoms with van der Waals surface area (Å²) in [7, 11) is 0. The first-order valence-corrected chi connectivity index (χ1v) is 8.52. The van der Waals surface area contributed by atoms with Gasteiger partial charge in [0.25, 0.3) is 0 Å². The highest BCUT2D eigenvalue weighted by molar-refractivity contribution is 5.77. The van der Waals surface area contributed by atoms with E-state index in [4.69, 9.17) is 5.73 Å². The molecule has 0 aliphatic carbocycles. The van der Waals surface area contributed by atoms with Crippen molar-refractivity contribution in [2.75, 3.05) is 26.2 Å². The van der Waals surface area contributed by atoms with Crippen molar-refractivity contribution in [1.82, 2.24) is 19.8 Å². The van der Waals surface area contributed by atoms with Gasteiger partial charge in [-0.15, -0.1) is 0 Å². The summed E-state index contributed by atoms with van der Waals surface area (Å²) < 4.78 is 0. The summed E-state index contributed by atoms with van der Waals surface area (Å²) in [6.45, 7) is 5.16. The Bertz CT molecular complexity index is 618. The normalized spacial score (nSPS) is 25.2. The molecule has 3 rings (SSSR count). The molecule has 0 radical (unpaired) electrons. The first kappa shape index (κ1) is 16.8. The average Bonchev–Trinajstić information content (AvgIpc) is 2.53. The molecule has 3 heterocycles. The second-order valence-electron chi connectivity index (χ2n) is 7.18. The van der Waals surface area contributed by atoms with Gasteiger partial charge in [0.05, 0.1) is 30.7 Å². The maximum Gasteiger partial charge on any atom is 0.231 e. The van der Waals surface area contributed by atoms with Crippen LogP contribution in [-0.4, -0.2) is 57.8 Å². The molecule has 0 bridgehead atoms. The molecular formula is C17H25N5O2. The van der Waals surface area contributed by atoms with Crippen molar-refractivity contribution in [1.29, 1.82) is 0 Å². The number of rotatable bonds is 4. The number of aryl methyl sites for hydroxylation is 1. The van der Waals surface area contributed by atoms with Crippen LogP contribution in [-0.2, 0) is 16.1 Å². The third kappa shape index (κ3) is 3.90. The largest absolute Gasteiger partial charge is 0.369 e. The molecule has 1 aromatic rings. The summed E-state index contributed by atoms with van der Waals surface area (Å²) in [5.41, 5.74) is 7.10. The average molecular weight is 331 g/mol. The lowest BCUT2D eigenvalue weighted by Crippen LogP contribution is -2.54. The maximum atomic E-state index is 12.3. The van der Waals surface area contributed by atoms with Gasteiger partial charge in [-0.05, 0) is 32.7 Å². The molecule has 2 saturated heterocycles. The summed E-state index contributed by atoms with van der Waals surface area (Å²) in [6.07, 6.45) is 7.05. The van der Waals surface area contributed by atoms with Gasteiger partial charge in [-0.25, -0.2) is 0 Å². The summed E-state index contributed by atoms with van der Waals surface area (Å²) in [5, 5.41) is 0. The minimum absolute atomic E-state index is 0.0692. The number of carbonyl (C=O) groups excluding carboxylic acids is 2. The van der Waals surface area contributed by atoms with Gasteiger partial charge in [0.2, 0.25) is 11.8 Å². The second-order valence-corrected chi connectivity index (χ2v) is 7.18. The van der Waals surface area contributed by atoms with E-state index in [1.54, 1.807) is 12.4 Å². The van der Waals surface area contributed by atoms with Crippen molar-refractivity contribution in [2.45, 2.75) is 39.2 Å². The van der Waals surface area contributed by atoms with E-state index in [2.05, 4.69) is 14.9 Å². The Morgan fingerprint density at radius 2 is 2.12 bits per heavy atom. The fraction of sp³-hybridized carbons (Fsp3) is 0.647. The smallest absolute Gasteiger partial charge is 0.231 e. The highest BCUT2D eigenvalue weighted by atomic mass is 16.2. The number of piperidine rings is 2. The Morgan fingerprint density at radius 1 is 1.29 bits per heavy atom. The molecule has 0 aromatic carbocycles. The molecule has 2 aliphatic rings. The van der Waals surface area contributed by atoms with Crippen LogP contribution in [0.15, 0.2) is 12.4 Å². The first-order chi connectivity index (χ1) is 11.5. The topological polar surface area (TPSA) is 92.4 Å². The number of primary amides is 1. The minimum atomic E-state index is -0.286. The van der Waals surface area contributed by atoms with Gasteiger partial charge in [-0.3, -0.25) is 24.5 Å². The monoisotopic (exact) mass is 331 g/mol. The zero-order chi connectivity index (χ0) is 17.2. The van der Waals surface area contributed by atoms with E-state index in [0.29, 0.717) is 19.5 Å². The van der Waals surface area contributed by atoms with Crippen LogP contribution in [0.3, 0.4) is 0 Å². The second kappa shape index (κ2) is 6.84. The third-order valence-electron chi connectivity index (χ3n) is 5.06. The molecule has 1 atom stereocenters. The van der Waals surface area contributed by atoms with Crippen LogP contribution in [0.4, 0.5) is 0 Å². The minimum Gasteiger partial charge on any atom is -0.369 e. The van der Waals surface area contributed by atoms with Crippen LogP contribution in [0.2, 0.25) is 0 Å². The van der Waals surface area contributed by atoms with E-state index in [0.717, 1.165) is 50.3 Å². The lowest BCUT2D eigenvalue weighted by atomic mass is 9.73. The van der Waals surface area contributed by atoms with Gasteiger partial charge in [0, 0.05) is 31.1 Å². The summed E-state index contributed by atoms with van der Waals surface area (Å²) in [6, 6.07) is 0. The molecule has 1 aromatic heterocycles. The van der Waals surface area contributed by atoms with Crippen LogP contribution in [0.5, 0.6) is 0 Å². The molecule has 2 aliphatic heterocycles. The Morgan fingerprint density at radius 3 is 2.83 bits per heavy atom. The number of hydrogen-bond acceptors (Lipinski definition) is 5. The molecular weight excluding hydrogens is 306 g/mol. The molecule has 2 fully saturated rings. The van der Waals surface area contributed by atoms with Crippen molar-refractivity contribution >= 4 is 11.8 Å². The Hall–Kier alpha value is -2.02. The van der Waals surface area contributed by atoms with E-state index >= 15 is 0 Å². The van der Waals surface area contributed by atoms with Gasteiger partial charge < -0.3 is 10.6 Å². The highest BCUT2D eigenvalue weighted by Crippen LogP contribution is 2.39. The number of hydrogen-bond donors (Lipinski definition) is 1. The molecule has 0 saturated carbocycles. The van der Waals surface area contributed by atoms with Gasteiger partial charge in [0.1, 0.15) is 0 Å². The molecule has 7 nitrogen and oxygen atoms in total. The highest BCUT2D eigenvalue weighted by Gasteiger charge is 2.41. The summed E-state index contributed by atoms with van der Waals surface area (Å²) in [4.78, 5) is 36.2. The molecule has 7 heteroatoms. The Kier molecular flexibility index (Phi) is 4.80. The zero-order valence-corrected chi connectivity index (χ0v) is 14.2. The van der Waals surface area contributed by atoms with Crippen molar-refractivity contribution in [2.24, 2.45) is 11.1 Å². The third-order valence-corrected chi connectivity index (χ3v) is 5.06. The van der Waals surface area contributed by atoms with Gasteiger partial charge >= 0.3 is 0 Å². The lowest BCUT2D eigenvalue weighted by Gasteiger charge is -2.48. The Balaban J connectivity index is 1.69. The van der Waals surface area contributed by atoms with Crippen molar-refractivity contribution < 1.29 is 9.59 Å². The first-order valence-electron chi connectivity index (χ1n) is 8.52. The molecule has 1 spiro atoms. The van der Waals surface area contributed by atoms with E-state index in [-0.39, 0.29) is 17.2 Å². The van der Waals surface area contributed by atoms with Crippen molar-refractivity contribution in [3.63, 3.8) is 0 Å². The predicted molar refractivity (Wildman–Crippen MR) is 88.7 cm³/mol. The molecule has 24 heavy (non-hydrogen) atoms. The SMILES string of the molecule is Cc1cnc(CN2C[C@@]3(CCCN(CC(N)=O)C3)CCC2=O)cn1. The Labute approximate surface area is 142 Å². The van der Waals surface area contributed by atoms with Gasteiger partial charge in [-0.2, -0.15) is 0 Å². The van der Waals surface area contributed by atoms with Crippen molar-refractivity contribution in [3.8, 4) is 0 Å². The molecule has 2 amide bonds. The number of nitrogens with two attached hydrogens (primary N) is 1. The van der Waals surface area contributed by atoms with Crippen LogP contribution in [0.25, 0.3) is 0 Å². The van der Waals surface area contributed by atoms with E-state index < -0.39 is 0 Å². The quantitative estimate of drug-likeness (QED) is 0.866. The van der Waals surface area contributed by atoms with E-state index in [9.17, 15) is 9.59 Å². The van der Waals surface area contributed by atoms with Crippen LogP contribution in [0.1, 0.15) is 37.1 Å². The van der Waals surface area contributed by atoms with Gasteiger partial charge in [-0.1, -0.05) is 0 Å². The summed E-state index contributed by atoms with van der Waals surface area (Å²) in [5.74, 6) is -0.110. The lowest BCUT2D eigenvalue weighted by molar-refractivity contribution is -0.140. The van der Waals surface area contributed by atoms with E-state index in [1.807, 2.05) is 11.8 Å².